The van der Waals surface area contributed by atoms with Gasteiger partial charge in [-0.2, -0.15) is 5.10 Å². The van der Waals surface area contributed by atoms with Crippen LogP contribution in [-0.2, 0) is 12.8 Å². The molecule has 0 fully saturated rings. The molecule has 5 heteroatoms. The van der Waals surface area contributed by atoms with Crippen molar-refractivity contribution in [2.24, 2.45) is 11.8 Å². The molecule has 4 aromatic carbocycles. The highest BCUT2D eigenvalue weighted by Gasteiger charge is 2.16. The van der Waals surface area contributed by atoms with Crippen LogP contribution in [0.15, 0.2) is 116 Å². The average molecular weight is 619 g/mol. The molecule has 0 aliphatic heterocycles. The zero-order valence-electron chi connectivity index (χ0n) is 27.9. The van der Waals surface area contributed by atoms with Crippen molar-refractivity contribution in [2.45, 2.75) is 53.9 Å². The molecule has 0 atom stereocenters. The maximum atomic E-state index is 6.52. The summed E-state index contributed by atoms with van der Waals surface area (Å²) in [4.78, 5) is 4.83. The standard InChI is InChI=1S/C42H42N4O/c1-28(2)16-17-31-20-21-43-41(23-31)46-39-15-7-6-14-37(39)38-19-18-36(25-40(38)46)47-35-13-9-12-34(24-35)45-27-33(26-44-45)42-30(5)10-8-11-32(42)22-29(3)4/h6-15,18-21,23-29H,16-17,22H2,1-5H3. The van der Waals surface area contributed by atoms with Gasteiger partial charge in [-0.1, -0.05) is 70.2 Å². The topological polar surface area (TPSA) is 44.9 Å². The number of pyridine rings is 1. The molecule has 0 N–H and O–H groups in total. The molecule has 0 spiro atoms. The Morgan fingerprint density at radius 3 is 2.40 bits per heavy atom. The summed E-state index contributed by atoms with van der Waals surface area (Å²) < 4.78 is 10.7. The Morgan fingerprint density at radius 2 is 1.55 bits per heavy atom. The Morgan fingerprint density at radius 1 is 0.745 bits per heavy atom. The van der Waals surface area contributed by atoms with Gasteiger partial charge in [0.1, 0.15) is 17.3 Å². The molecule has 0 unspecified atom stereocenters. The van der Waals surface area contributed by atoms with Gasteiger partial charge in [0.15, 0.2) is 0 Å². The van der Waals surface area contributed by atoms with E-state index in [9.17, 15) is 0 Å². The highest BCUT2D eigenvalue weighted by molar-refractivity contribution is 6.09. The largest absolute Gasteiger partial charge is 0.457 e. The van der Waals surface area contributed by atoms with Crippen LogP contribution < -0.4 is 4.74 Å². The van der Waals surface area contributed by atoms with E-state index in [1.165, 1.54) is 33.0 Å². The van der Waals surface area contributed by atoms with Gasteiger partial charge in [-0.3, -0.25) is 4.57 Å². The first kappa shape index (κ1) is 30.5. The fourth-order valence-electron chi connectivity index (χ4n) is 6.62. The maximum absolute atomic E-state index is 6.52. The number of hydrogen-bond acceptors (Lipinski definition) is 3. The van der Waals surface area contributed by atoms with E-state index in [1.54, 1.807) is 0 Å². The first-order chi connectivity index (χ1) is 22.8. The minimum absolute atomic E-state index is 0.580. The molecule has 3 heterocycles. The lowest BCUT2D eigenvalue weighted by molar-refractivity contribution is 0.483. The number of fused-ring (bicyclic) bond motifs is 3. The summed E-state index contributed by atoms with van der Waals surface area (Å²) in [6.07, 6.45) is 9.25. The van der Waals surface area contributed by atoms with Crippen LogP contribution >= 0.6 is 0 Å². The summed E-state index contributed by atoms with van der Waals surface area (Å²) >= 11 is 0. The highest BCUT2D eigenvalue weighted by atomic mass is 16.5. The second-order valence-corrected chi connectivity index (χ2v) is 13.5. The number of benzene rings is 4. The molecule has 0 radical (unpaired) electrons. The zero-order valence-corrected chi connectivity index (χ0v) is 27.9. The number of aromatic nitrogens is 4. The normalized spacial score (nSPS) is 11.7. The summed E-state index contributed by atoms with van der Waals surface area (Å²) in [6, 6.07) is 33.9. The predicted octanol–water partition coefficient (Wildman–Crippen LogP) is 10.9. The molecule has 0 aliphatic carbocycles. The minimum Gasteiger partial charge on any atom is -0.457 e. The van der Waals surface area contributed by atoms with E-state index < -0.39 is 0 Å². The van der Waals surface area contributed by atoms with Crippen LogP contribution in [0.25, 0.3) is 44.4 Å². The van der Waals surface area contributed by atoms with Crippen molar-refractivity contribution >= 4 is 21.8 Å². The van der Waals surface area contributed by atoms with Crippen LogP contribution in [0, 0.1) is 18.8 Å². The molecule has 3 aromatic heterocycles. The van der Waals surface area contributed by atoms with Gasteiger partial charge in [-0.25, -0.2) is 9.67 Å². The lowest BCUT2D eigenvalue weighted by atomic mass is 9.92. The Kier molecular flexibility index (Phi) is 8.38. The van der Waals surface area contributed by atoms with E-state index in [1.807, 2.05) is 35.3 Å². The molecule has 0 aliphatic rings. The summed E-state index contributed by atoms with van der Waals surface area (Å²) in [6.45, 7) is 11.3. The minimum atomic E-state index is 0.580. The molecule has 0 amide bonds. The van der Waals surface area contributed by atoms with E-state index >= 15 is 0 Å². The lowest BCUT2D eigenvalue weighted by Crippen LogP contribution is -2.00. The first-order valence-electron chi connectivity index (χ1n) is 16.7. The van der Waals surface area contributed by atoms with E-state index in [0.29, 0.717) is 11.8 Å². The van der Waals surface area contributed by atoms with Gasteiger partial charge in [-0.15, -0.1) is 0 Å². The van der Waals surface area contributed by atoms with Crippen LogP contribution in [0.4, 0.5) is 0 Å². The van der Waals surface area contributed by atoms with Gasteiger partial charge < -0.3 is 4.74 Å². The zero-order chi connectivity index (χ0) is 32.5. The van der Waals surface area contributed by atoms with E-state index in [-0.39, 0.29) is 0 Å². The molecule has 7 rings (SSSR count). The summed E-state index contributed by atoms with van der Waals surface area (Å²) in [7, 11) is 0. The van der Waals surface area contributed by atoms with Gasteiger partial charge in [-0.05, 0) is 103 Å². The van der Waals surface area contributed by atoms with Crippen LogP contribution in [0.2, 0.25) is 0 Å². The van der Waals surface area contributed by atoms with E-state index in [2.05, 4.69) is 124 Å². The summed E-state index contributed by atoms with van der Waals surface area (Å²) in [5, 5.41) is 7.14. The number of aryl methyl sites for hydroxylation is 2. The molecule has 0 saturated heterocycles. The number of ether oxygens (including phenoxy) is 1. The molecule has 236 valence electrons. The lowest BCUT2D eigenvalue weighted by Gasteiger charge is -2.13. The third-order valence-corrected chi connectivity index (χ3v) is 8.87. The highest BCUT2D eigenvalue weighted by Crippen LogP contribution is 2.36. The number of para-hydroxylation sites is 1. The average Bonchev–Trinajstić information content (AvgIpc) is 3.67. The fraction of sp³-hybridized carbons (Fsp3) is 0.238. The Bertz CT molecular complexity index is 2190. The molecule has 7 aromatic rings. The van der Waals surface area contributed by atoms with Crippen molar-refractivity contribution in [3.8, 4) is 34.1 Å². The van der Waals surface area contributed by atoms with E-state index in [4.69, 9.17) is 14.8 Å². The van der Waals surface area contributed by atoms with Crippen molar-refractivity contribution < 1.29 is 4.74 Å². The number of nitrogens with zero attached hydrogens (tertiary/aromatic N) is 4. The molecular weight excluding hydrogens is 576 g/mol. The quantitative estimate of drug-likeness (QED) is 0.153. The Hall–Kier alpha value is -5.16. The van der Waals surface area contributed by atoms with Crippen molar-refractivity contribution in [1.82, 2.24) is 19.3 Å². The second-order valence-electron chi connectivity index (χ2n) is 13.5. The van der Waals surface area contributed by atoms with Crippen LogP contribution in [0.3, 0.4) is 0 Å². The summed E-state index contributed by atoms with van der Waals surface area (Å²) in [5.41, 5.74) is 9.50. The Balaban J connectivity index is 1.22. The predicted molar refractivity (Wildman–Crippen MR) is 194 cm³/mol. The van der Waals surface area contributed by atoms with Crippen molar-refractivity contribution in [2.75, 3.05) is 0 Å². The maximum Gasteiger partial charge on any atom is 0.137 e. The first-order valence-corrected chi connectivity index (χ1v) is 16.7. The third-order valence-electron chi connectivity index (χ3n) is 8.87. The van der Waals surface area contributed by atoms with Crippen molar-refractivity contribution in [3.63, 3.8) is 0 Å². The van der Waals surface area contributed by atoms with Crippen LogP contribution in [0.1, 0.15) is 50.8 Å². The van der Waals surface area contributed by atoms with Gasteiger partial charge in [0.05, 0.1) is 22.9 Å². The van der Waals surface area contributed by atoms with Gasteiger partial charge in [0.2, 0.25) is 0 Å². The third kappa shape index (κ3) is 6.31. The molecule has 0 bridgehead atoms. The Labute approximate surface area is 277 Å². The number of hydrogen-bond donors (Lipinski definition) is 0. The van der Waals surface area contributed by atoms with Crippen LogP contribution in [-0.4, -0.2) is 19.3 Å². The molecular formula is C42H42N4O. The van der Waals surface area contributed by atoms with Crippen molar-refractivity contribution in [1.29, 1.82) is 0 Å². The van der Waals surface area contributed by atoms with E-state index in [0.717, 1.165) is 58.9 Å². The molecule has 5 nitrogen and oxygen atoms in total. The smallest absolute Gasteiger partial charge is 0.137 e. The van der Waals surface area contributed by atoms with Crippen molar-refractivity contribution in [3.05, 3.63) is 132 Å². The summed E-state index contributed by atoms with van der Waals surface area (Å²) in [5.74, 6) is 3.69. The van der Waals surface area contributed by atoms with Gasteiger partial charge in [0, 0.05) is 40.9 Å². The molecule has 47 heavy (non-hydrogen) atoms. The van der Waals surface area contributed by atoms with Crippen LogP contribution in [0.5, 0.6) is 11.5 Å². The monoisotopic (exact) mass is 618 g/mol. The fourth-order valence-corrected chi connectivity index (χ4v) is 6.62. The van der Waals surface area contributed by atoms with Gasteiger partial charge >= 0.3 is 0 Å². The SMILES string of the molecule is Cc1cccc(CC(C)C)c1-c1cnn(-c2cccc(Oc3ccc4c5ccccc5n(-c5cc(CCC(C)C)ccn5)c4c3)c2)c1. The molecule has 0 saturated carbocycles. The van der Waals surface area contributed by atoms with Gasteiger partial charge in [0.25, 0.3) is 0 Å². The number of rotatable bonds is 10. The second kappa shape index (κ2) is 12.9.